The summed E-state index contributed by atoms with van der Waals surface area (Å²) >= 11 is 3.06. The topological polar surface area (TPSA) is 37.3 Å². The number of carboxylic acid groups (broad SMARTS) is 1. The molecule has 1 unspecified atom stereocenters. The van der Waals surface area contributed by atoms with Gasteiger partial charge in [-0.2, -0.15) is 13.2 Å². The first kappa shape index (κ1) is 14.0. The molecule has 7 heteroatoms. The van der Waals surface area contributed by atoms with Crippen molar-refractivity contribution >= 4 is 21.9 Å². The Morgan fingerprint density at radius 3 is 2.00 bits per heavy atom. The highest BCUT2D eigenvalue weighted by Gasteiger charge is 2.62. The molecule has 0 aliphatic carbocycles. The van der Waals surface area contributed by atoms with Crippen molar-refractivity contribution in [2.75, 3.05) is 0 Å². The molecule has 2 nitrogen and oxygen atoms in total. The minimum Gasteiger partial charge on any atom is -0.479 e. The van der Waals surface area contributed by atoms with Gasteiger partial charge in [0.2, 0.25) is 0 Å². The van der Waals surface area contributed by atoms with Crippen LogP contribution >= 0.6 is 15.9 Å². The normalized spacial score (nSPS) is 15.4. The predicted molar refractivity (Wildman–Crippen MR) is 55.4 cm³/mol. The van der Waals surface area contributed by atoms with Crippen LogP contribution in [0.2, 0.25) is 0 Å². The molecule has 0 saturated carbocycles. The maximum atomic E-state index is 13.5. The summed E-state index contributed by atoms with van der Waals surface area (Å²) in [6.45, 7) is 0. The SMILES string of the molecule is O=C(O)C(F)(Cc1ccc(Br)cc1)C(F)(F)F. The van der Waals surface area contributed by atoms with Crippen LogP contribution in [0.3, 0.4) is 0 Å². The Labute approximate surface area is 102 Å². The van der Waals surface area contributed by atoms with E-state index in [2.05, 4.69) is 15.9 Å². The molecule has 1 aromatic rings. The predicted octanol–water partition coefficient (Wildman–Crippen LogP) is 3.35. The Hall–Kier alpha value is -1.11. The van der Waals surface area contributed by atoms with Gasteiger partial charge in [-0.1, -0.05) is 28.1 Å². The summed E-state index contributed by atoms with van der Waals surface area (Å²) in [6.07, 6.45) is -6.70. The lowest BCUT2D eigenvalue weighted by atomic mass is 9.96. The molecular weight excluding hydrogens is 308 g/mol. The minimum atomic E-state index is -5.45. The van der Waals surface area contributed by atoms with Crippen LogP contribution in [-0.2, 0) is 11.2 Å². The van der Waals surface area contributed by atoms with Crippen LogP contribution in [0.1, 0.15) is 5.56 Å². The van der Waals surface area contributed by atoms with Crippen molar-refractivity contribution in [1.29, 1.82) is 0 Å². The van der Waals surface area contributed by atoms with Gasteiger partial charge in [-0.3, -0.25) is 0 Å². The van der Waals surface area contributed by atoms with E-state index in [4.69, 9.17) is 5.11 Å². The van der Waals surface area contributed by atoms with Crippen LogP contribution in [0, 0.1) is 0 Å². The first-order chi connectivity index (χ1) is 7.67. The van der Waals surface area contributed by atoms with E-state index < -0.39 is 24.2 Å². The number of carboxylic acids is 1. The fraction of sp³-hybridized carbons (Fsp3) is 0.300. The Kier molecular flexibility index (Phi) is 3.81. The number of hydrogen-bond donors (Lipinski definition) is 1. The second-order valence-electron chi connectivity index (χ2n) is 3.41. The lowest BCUT2D eigenvalue weighted by Crippen LogP contribution is -2.49. The number of benzene rings is 1. The number of aliphatic carboxylic acids is 1. The number of rotatable bonds is 3. The van der Waals surface area contributed by atoms with Gasteiger partial charge in [0.15, 0.2) is 0 Å². The van der Waals surface area contributed by atoms with E-state index in [-0.39, 0.29) is 5.56 Å². The van der Waals surface area contributed by atoms with Crippen LogP contribution < -0.4 is 0 Å². The van der Waals surface area contributed by atoms with E-state index in [0.29, 0.717) is 4.47 Å². The highest BCUT2D eigenvalue weighted by atomic mass is 79.9. The summed E-state index contributed by atoms with van der Waals surface area (Å²) in [5.41, 5.74) is -4.31. The second kappa shape index (κ2) is 4.64. The van der Waals surface area contributed by atoms with Gasteiger partial charge < -0.3 is 5.11 Å². The maximum Gasteiger partial charge on any atom is 0.433 e. The van der Waals surface area contributed by atoms with Crippen molar-refractivity contribution in [2.45, 2.75) is 18.3 Å². The molecule has 0 heterocycles. The van der Waals surface area contributed by atoms with Gasteiger partial charge in [0, 0.05) is 10.9 Å². The first-order valence-electron chi connectivity index (χ1n) is 4.40. The highest BCUT2D eigenvalue weighted by molar-refractivity contribution is 9.10. The summed E-state index contributed by atoms with van der Waals surface area (Å²) in [4.78, 5) is 10.4. The molecule has 1 aromatic carbocycles. The zero-order valence-electron chi connectivity index (χ0n) is 8.26. The van der Waals surface area contributed by atoms with Gasteiger partial charge in [0.1, 0.15) is 0 Å². The highest BCUT2D eigenvalue weighted by Crippen LogP contribution is 2.37. The molecule has 0 amide bonds. The molecule has 1 atom stereocenters. The van der Waals surface area contributed by atoms with Gasteiger partial charge in [0.05, 0.1) is 0 Å². The summed E-state index contributed by atoms with van der Waals surface area (Å²) in [6, 6.07) is 5.28. The monoisotopic (exact) mass is 314 g/mol. The maximum absolute atomic E-state index is 13.5. The number of carbonyl (C=O) groups is 1. The average molecular weight is 315 g/mol. The van der Waals surface area contributed by atoms with E-state index in [1.54, 1.807) is 0 Å². The fourth-order valence-corrected chi connectivity index (χ4v) is 1.44. The molecule has 1 N–H and O–H groups in total. The quantitative estimate of drug-likeness (QED) is 0.869. The van der Waals surface area contributed by atoms with Crippen molar-refractivity contribution in [3.05, 3.63) is 34.3 Å². The Balaban J connectivity index is 3.04. The largest absolute Gasteiger partial charge is 0.479 e. The summed E-state index contributed by atoms with van der Waals surface area (Å²) < 4.78 is 51.1. The molecular formula is C10H7BrF4O2. The van der Waals surface area contributed by atoms with Gasteiger partial charge in [-0.25, -0.2) is 9.18 Å². The Bertz CT molecular complexity index is 415. The van der Waals surface area contributed by atoms with Crippen molar-refractivity contribution in [2.24, 2.45) is 0 Å². The molecule has 0 fully saturated rings. The van der Waals surface area contributed by atoms with Crippen LogP contribution in [0.4, 0.5) is 17.6 Å². The van der Waals surface area contributed by atoms with Crippen LogP contribution in [0.25, 0.3) is 0 Å². The molecule has 1 rings (SSSR count). The van der Waals surface area contributed by atoms with E-state index in [1.165, 1.54) is 24.3 Å². The molecule has 0 aliphatic rings. The summed E-state index contributed by atoms with van der Waals surface area (Å²) in [7, 11) is 0. The second-order valence-corrected chi connectivity index (χ2v) is 4.32. The minimum absolute atomic E-state index is 0.0459. The summed E-state index contributed by atoms with van der Waals surface area (Å²) in [5, 5.41) is 8.38. The van der Waals surface area contributed by atoms with E-state index in [1.807, 2.05) is 0 Å². The van der Waals surface area contributed by atoms with E-state index in [0.717, 1.165) is 0 Å². The molecule has 0 radical (unpaired) electrons. The Morgan fingerprint density at radius 1 is 1.18 bits per heavy atom. The third-order valence-corrected chi connectivity index (χ3v) is 2.68. The van der Waals surface area contributed by atoms with Crippen LogP contribution in [0.15, 0.2) is 28.7 Å². The average Bonchev–Trinajstić information content (AvgIpc) is 2.19. The van der Waals surface area contributed by atoms with Crippen molar-refractivity contribution in [1.82, 2.24) is 0 Å². The molecule has 17 heavy (non-hydrogen) atoms. The van der Waals surface area contributed by atoms with Gasteiger partial charge in [-0.15, -0.1) is 0 Å². The smallest absolute Gasteiger partial charge is 0.433 e. The number of halogens is 5. The molecule has 0 spiro atoms. The van der Waals surface area contributed by atoms with Gasteiger partial charge in [0.25, 0.3) is 0 Å². The lowest BCUT2D eigenvalue weighted by molar-refractivity contribution is -0.235. The summed E-state index contributed by atoms with van der Waals surface area (Å²) in [5.74, 6) is -2.53. The number of alkyl halides is 4. The Morgan fingerprint density at radius 2 is 1.65 bits per heavy atom. The van der Waals surface area contributed by atoms with E-state index >= 15 is 0 Å². The molecule has 0 aliphatic heterocycles. The molecule has 0 aromatic heterocycles. The fourth-order valence-electron chi connectivity index (χ4n) is 1.18. The lowest BCUT2D eigenvalue weighted by Gasteiger charge is -2.23. The van der Waals surface area contributed by atoms with Crippen molar-refractivity contribution in [3.63, 3.8) is 0 Å². The first-order valence-corrected chi connectivity index (χ1v) is 5.19. The molecule has 0 bridgehead atoms. The van der Waals surface area contributed by atoms with Crippen LogP contribution in [0.5, 0.6) is 0 Å². The zero-order chi connectivity index (χ0) is 13.3. The van der Waals surface area contributed by atoms with E-state index in [9.17, 15) is 22.4 Å². The zero-order valence-corrected chi connectivity index (χ0v) is 9.85. The standard InChI is InChI=1S/C10H7BrF4O2/c11-7-3-1-6(2-4-7)5-9(12,8(16)17)10(13,14)15/h1-4H,5H2,(H,16,17). The van der Waals surface area contributed by atoms with Crippen LogP contribution in [-0.4, -0.2) is 22.9 Å². The molecule has 94 valence electrons. The van der Waals surface area contributed by atoms with Gasteiger partial charge >= 0.3 is 17.8 Å². The van der Waals surface area contributed by atoms with Gasteiger partial charge in [-0.05, 0) is 17.7 Å². The molecule has 0 saturated heterocycles. The van der Waals surface area contributed by atoms with Crippen molar-refractivity contribution < 1.29 is 27.5 Å². The number of hydrogen-bond acceptors (Lipinski definition) is 1. The third-order valence-electron chi connectivity index (χ3n) is 2.15. The van der Waals surface area contributed by atoms with Crippen molar-refractivity contribution in [3.8, 4) is 0 Å². The third kappa shape index (κ3) is 2.96.